The van der Waals surface area contributed by atoms with Gasteiger partial charge in [-0.25, -0.2) is 4.98 Å². The molecule has 0 saturated carbocycles. The molecule has 1 aromatic heterocycles. The lowest BCUT2D eigenvalue weighted by Gasteiger charge is -2.18. The van der Waals surface area contributed by atoms with Crippen LogP contribution in [0.25, 0.3) is 0 Å². The Hall–Kier alpha value is -1.58. The Labute approximate surface area is 124 Å². The minimum absolute atomic E-state index is 0.449. The van der Waals surface area contributed by atoms with Gasteiger partial charge in [0.2, 0.25) is 0 Å². The van der Waals surface area contributed by atoms with Crippen LogP contribution >= 0.6 is 11.6 Å². The summed E-state index contributed by atoms with van der Waals surface area (Å²) in [7, 11) is 0. The highest BCUT2D eigenvalue weighted by atomic mass is 35.5. The molecule has 4 heteroatoms. The van der Waals surface area contributed by atoms with Crippen LogP contribution in [-0.2, 0) is 6.54 Å². The molecule has 20 heavy (non-hydrogen) atoms. The number of hydrogen-bond donors (Lipinski definition) is 1. The summed E-state index contributed by atoms with van der Waals surface area (Å²) < 4.78 is 0. The zero-order valence-electron chi connectivity index (χ0n) is 11.3. The number of benzene rings is 1. The Bertz CT molecular complexity index is 586. The Balaban J connectivity index is 1.77. The molecule has 0 bridgehead atoms. The smallest absolute Gasteiger partial charge is 0.128 e. The highest BCUT2D eigenvalue weighted by Crippen LogP contribution is 2.30. The van der Waals surface area contributed by atoms with E-state index in [9.17, 15) is 0 Å². The Morgan fingerprint density at radius 3 is 2.85 bits per heavy atom. The number of nitrogens with two attached hydrogens (primary N) is 1. The van der Waals surface area contributed by atoms with Crippen molar-refractivity contribution in [1.29, 1.82) is 0 Å². The molecule has 0 amide bonds. The van der Waals surface area contributed by atoms with Gasteiger partial charge in [-0.05, 0) is 23.6 Å². The molecule has 1 aliphatic rings. The first-order valence-electron chi connectivity index (χ1n) is 6.92. The molecule has 3 nitrogen and oxygen atoms in total. The van der Waals surface area contributed by atoms with E-state index < -0.39 is 0 Å². The van der Waals surface area contributed by atoms with E-state index >= 15 is 0 Å². The number of nitrogens with zero attached hydrogens (tertiary/aromatic N) is 2. The third kappa shape index (κ3) is 2.65. The predicted molar refractivity (Wildman–Crippen MR) is 83.2 cm³/mol. The number of anilines is 1. The average molecular weight is 288 g/mol. The van der Waals surface area contributed by atoms with Crippen molar-refractivity contribution in [3.05, 3.63) is 58.7 Å². The van der Waals surface area contributed by atoms with E-state index in [1.165, 1.54) is 5.56 Å². The number of rotatable bonds is 3. The second kappa shape index (κ2) is 5.81. The SMILES string of the molecule is NCc1cc(N2CCC(c3ccccc3)C2)ncc1Cl. The molecular formula is C16H18ClN3. The Kier molecular flexibility index (Phi) is 3.90. The average Bonchev–Trinajstić information content (AvgIpc) is 2.98. The zero-order valence-corrected chi connectivity index (χ0v) is 12.1. The number of pyridine rings is 1. The monoisotopic (exact) mass is 287 g/mol. The summed E-state index contributed by atoms with van der Waals surface area (Å²) in [6, 6.07) is 12.7. The van der Waals surface area contributed by atoms with Crippen LogP contribution in [0.3, 0.4) is 0 Å². The lowest BCUT2D eigenvalue weighted by atomic mass is 9.99. The van der Waals surface area contributed by atoms with E-state index in [4.69, 9.17) is 17.3 Å². The number of hydrogen-bond acceptors (Lipinski definition) is 3. The third-order valence-electron chi connectivity index (χ3n) is 3.92. The van der Waals surface area contributed by atoms with Gasteiger partial charge in [0, 0.05) is 31.7 Å². The van der Waals surface area contributed by atoms with Gasteiger partial charge in [0.25, 0.3) is 0 Å². The minimum atomic E-state index is 0.449. The normalized spacial score (nSPS) is 18.5. The van der Waals surface area contributed by atoms with Crippen molar-refractivity contribution >= 4 is 17.4 Å². The molecule has 1 aliphatic heterocycles. The second-order valence-corrected chi connectivity index (χ2v) is 5.59. The van der Waals surface area contributed by atoms with Gasteiger partial charge in [-0.15, -0.1) is 0 Å². The maximum Gasteiger partial charge on any atom is 0.128 e. The maximum absolute atomic E-state index is 6.07. The van der Waals surface area contributed by atoms with Crippen LogP contribution in [0.5, 0.6) is 0 Å². The van der Waals surface area contributed by atoms with Crippen LogP contribution in [0.2, 0.25) is 5.02 Å². The van der Waals surface area contributed by atoms with Gasteiger partial charge in [-0.2, -0.15) is 0 Å². The van der Waals surface area contributed by atoms with Crippen LogP contribution in [0, 0.1) is 0 Å². The zero-order chi connectivity index (χ0) is 13.9. The van der Waals surface area contributed by atoms with Gasteiger partial charge in [0.15, 0.2) is 0 Å². The van der Waals surface area contributed by atoms with E-state index in [-0.39, 0.29) is 0 Å². The summed E-state index contributed by atoms with van der Waals surface area (Å²) in [5.74, 6) is 1.56. The van der Waals surface area contributed by atoms with Crippen molar-refractivity contribution < 1.29 is 0 Å². The summed E-state index contributed by atoms with van der Waals surface area (Å²) >= 11 is 6.07. The lowest BCUT2D eigenvalue weighted by Crippen LogP contribution is -2.20. The fourth-order valence-electron chi connectivity index (χ4n) is 2.76. The van der Waals surface area contributed by atoms with Crippen LogP contribution < -0.4 is 10.6 Å². The van der Waals surface area contributed by atoms with Crippen LogP contribution in [0.4, 0.5) is 5.82 Å². The van der Waals surface area contributed by atoms with E-state index in [1.807, 2.05) is 6.07 Å². The molecule has 1 atom stereocenters. The second-order valence-electron chi connectivity index (χ2n) is 5.18. The van der Waals surface area contributed by atoms with Crippen molar-refractivity contribution in [2.45, 2.75) is 18.9 Å². The molecule has 1 fully saturated rings. The van der Waals surface area contributed by atoms with Gasteiger partial charge in [-0.3, -0.25) is 0 Å². The Morgan fingerprint density at radius 2 is 2.10 bits per heavy atom. The lowest BCUT2D eigenvalue weighted by molar-refractivity contribution is 0.774. The quantitative estimate of drug-likeness (QED) is 0.943. The molecule has 2 aromatic rings. The summed E-state index contributed by atoms with van der Waals surface area (Å²) in [5, 5.41) is 0.648. The van der Waals surface area contributed by atoms with E-state index in [1.54, 1.807) is 6.20 Å². The van der Waals surface area contributed by atoms with Crippen molar-refractivity contribution in [2.75, 3.05) is 18.0 Å². The van der Waals surface area contributed by atoms with E-state index in [0.717, 1.165) is 30.9 Å². The molecule has 1 unspecified atom stereocenters. The highest BCUT2D eigenvalue weighted by molar-refractivity contribution is 6.31. The maximum atomic E-state index is 6.07. The molecule has 0 aliphatic carbocycles. The van der Waals surface area contributed by atoms with Crippen molar-refractivity contribution in [3.8, 4) is 0 Å². The topological polar surface area (TPSA) is 42.1 Å². The standard InChI is InChI=1S/C16H18ClN3/c17-15-10-19-16(8-14(15)9-18)20-7-6-13(11-20)12-4-2-1-3-5-12/h1-5,8,10,13H,6-7,9,11,18H2. The first-order chi connectivity index (χ1) is 9.78. The predicted octanol–water partition coefficient (Wildman–Crippen LogP) is 3.19. The summed E-state index contributed by atoms with van der Waals surface area (Å²) in [6.07, 6.45) is 2.86. The van der Waals surface area contributed by atoms with Crippen LogP contribution in [0.1, 0.15) is 23.5 Å². The molecule has 104 valence electrons. The molecular weight excluding hydrogens is 270 g/mol. The summed E-state index contributed by atoms with van der Waals surface area (Å²) in [4.78, 5) is 6.75. The number of halogens is 1. The molecule has 2 N–H and O–H groups in total. The Morgan fingerprint density at radius 1 is 1.30 bits per heavy atom. The minimum Gasteiger partial charge on any atom is -0.356 e. The molecule has 0 radical (unpaired) electrons. The van der Waals surface area contributed by atoms with E-state index in [2.05, 4.69) is 40.2 Å². The van der Waals surface area contributed by atoms with Gasteiger partial charge in [-0.1, -0.05) is 41.9 Å². The largest absolute Gasteiger partial charge is 0.356 e. The van der Waals surface area contributed by atoms with Gasteiger partial charge >= 0.3 is 0 Å². The summed E-state index contributed by atoms with van der Waals surface area (Å²) in [6.45, 7) is 2.48. The fraction of sp³-hybridized carbons (Fsp3) is 0.312. The molecule has 0 spiro atoms. The van der Waals surface area contributed by atoms with Gasteiger partial charge in [0.05, 0.1) is 5.02 Å². The highest BCUT2D eigenvalue weighted by Gasteiger charge is 2.24. The van der Waals surface area contributed by atoms with Crippen molar-refractivity contribution in [2.24, 2.45) is 5.73 Å². The first kappa shape index (κ1) is 13.4. The van der Waals surface area contributed by atoms with Gasteiger partial charge in [0.1, 0.15) is 5.82 Å². The first-order valence-corrected chi connectivity index (χ1v) is 7.30. The van der Waals surface area contributed by atoms with Crippen LogP contribution in [0.15, 0.2) is 42.6 Å². The summed E-state index contributed by atoms with van der Waals surface area (Å²) in [5.41, 5.74) is 8.07. The third-order valence-corrected chi connectivity index (χ3v) is 4.26. The molecule has 1 saturated heterocycles. The molecule has 3 rings (SSSR count). The van der Waals surface area contributed by atoms with Crippen molar-refractivity contribution in [3.63, 3.8) is 0 Å². The number of aromatic nitrogens is 1. The van der Waals surface area contributed by atoms with Gasteiger partial charge < -0.3 is 10.6 Å². The molecule has 1 aromatic carbocycles. The van der Waals surface area contributed by atoms with E-state index in [0.29, 0.717) is 17.5 Å². The van der Waals surface area contributed by atoms with Crippen LogP contribution in [-0.4, -0.2) is 18.1 Å². The fourth-order valence-corrected chi connectivity index (χ4v) is 2.94. The molecule has 2 heterocycles. The van der Waals surface area contributed by atoms with Crippen molar-refractivity contribution in [1.82, 2.24) is 4.98 Å².